The van der Waals surface area contributed by atoms with Crippen LogP contribution in [0.5, 0.6) is 5.75 Å². The van der Waals surface area contributed by atoms with Crippen molar-refractivity contribution < 1.29 is 27.1 Å². The normalized spacial score (nSPS) is 21.2. The van der Waals surface area contributed by atoms with Crippen LogP contribution >= 0.6 is 11.6 Å². The van der Waals surface area contributed by atoms with Gasteiger partial charge >= 0.3 is 0 Å². The highest BCUT2D eigenvalue weighted by molar-refractivity contribution is 6.30. The molecular formula is C34H32ClF4N7O2. The van der Waals surface area contributed by atoms with Crippen molar-refractivity contribution in [1.29, 1.82) is 5.26 Å². The Morgan fingerprint density at radius 3 is 2.67 bits per heavy atom. The number of hydrogen-bond acceptors (Lipinski definition) is 7. The number of fused-ring (bicyclic) bond motifs is 2. The van der Waals surface area contributed by atoms with E-state index in [1.54, 1.807) is 34.0 Å². The summed E-state index contributed by atoms with van der Waals surface area (Å²) >= 11 is 5.86. The van der Waals surface area contributed by atoms with Crippen molar-refractivity contribution in [2.45, 2.75) is 70.3 Å². The van der Waals surface area contributed by atoms with Crippen molar-refractivity contribution in [1.82, 2.24) is 24.6 Å². The molecule has 7 rings (SSSR count). The van der Waals surface area contributed by atoms with Gasteiger partial charge in [0.25, 0.3) is 11.8 Å². The number of carbonyl (C=O) groups is 1. The summed E-state index contributed by atoms with van der Waals surface area (Å²) in [5.41, 5.74) is 2.92. The van der Waals surface area contributed by atoms with E-state index < -0.39 is 24.0 Å². The molecule has 5 heterocycles. The summed E-state index contributed by atoms with van der Waals surface area (Å²) in [6, 6.07) is 7.62. The first-order valence-electron chi connectivity index (χ1n) is 15.9. The Hall–Kier alpha value is -4.28. The summed E-state index contributed by atoms with van der Waals surface area (Å²) in [7, 11) is 0. The minimum absolute atomic E-state index is 0.0293. The van der Waals surface area contributed by atoms with Crippen LogP contribution in [0, 0.1) is 23.1 Å². The van der Waals surface area contributed by atoms with Crippen LogP contribution in [0.2, 0.25) is 5.02 Å². The van der Waals surface area contributed by atoms with E-state index in [0.717, 1.165) is 6.07 Å². The van der Waals surface area contributed by atoms with E-state index in [0.29, 0.717) is 64.2 Å². The topological polar surface area (TPSA) is 100 Å². The minimum atomic E-state index is -2.68. The fourth-order valence-corrected chi connectivity index (χ4v) is 7.10. The van der Waals surface area contributed by atoms with Crippen LogP contribution in [-0.2, 0) is 17.8 Å². The lowest BCUT2D eigenvalue weighted by Gasteiger charge is -2.46. The van der Waals surface area contributed by atoms with Gasteiger partial charge < -0.3 is 4.74 Å². The smallest absolute Gasteiger partial charge is 0.265 e. The van der Waals surface area contributed by atoms with Crippen LogP contribution in [0.15, 0.2) is 36.7 Å². The summed E-state index contributed by atoms with van der Waals surface area (Å²) < 4.78 is 64.8. The second-order valence-corrected chi connectivity index (χ2v) is 13.6. The van der Waals surface area contributed by atoms with E-state index in [9.17, 15) is 23.2 Å². The molecule has 14 heteroatoms. The molecule has 3 aromatic heterocycles. The zero-order chi connectivity index (χ0) is 33.9. The molecule has 1 aromatic carbocycles. The number of benzene rings is 1. The highest BCUT2D eigenvalue weighted by Crippen LogP contribution is 2.44. The van der Waals surface area contributed by atoms with Gasteiger partial charge in [-0.15, -0.1) is 0 Å². The first-order chi connectivity index (χ1) is 22.9. The second-order valence-electron chi connectivity index (χ2n) is 13.2. The average molecular weight is 682 g/mol. The Morgan fingerprint density at radius 1 is 1.19 bits per heavy atom. The standard InChI is InChI=1S/C34H32ClF4N7O2/c1-18(2)7-26-22(12-40)32(19-3-4-29-30(8-19)48-17-31(47)45(29)16-27-24(36)9-20(35)13-41-27)23-14-42-46(33(23)43-26)28-5-6-44(15-25(28)37)21-10-34(38,39)11-21/h3-4,8-9,13-14,18,21,25,28H,5-7,10-11,15-17H2,1-2H3/t25-,28+/m1/s1. The number of piperidine rings is 1. The molecule has 1 aliphatic carbocycles. The molecule has 2 fully saturated rings. The summed E-state index contributed by atoms with van der Waals surface area (Å²) in [5, 5.41) is 15.7. The first-order valence-corrected chi connectivity index (χ1v) is 16.2. The molecule has 1 saturated heterocycles. The molecule has 2 atom stereocenters. The third kappa shape index (κ3) is 5.85. The molecular weight excluding hydrogens is 650 g/mol. The fraction of sp³-hybridized carbons (Fsp3) is 0.441. The predicted octanol–water partition coefficient (Wildman–Crippen LogP) is 6.66. The molecule has 0 spiro atoms. The van der Waals surface area contributed by atoms with E-state index >= 15 is 4.39 Å². The number of rotatable bonds is 7. The number of carbonyl (C=O) groups excluding carboxylic acids is 1. The monoisotopic (exact) mass is 681 g/mol. The summed E-state index contributed by atoms with van der Waals surface area (Å²) in [5.74, 6) is -3.20. The zero-order valence-corrected chi connectivity index (χ0v) is 27.0. The van der Waals surface area contributed by atoms with Crippen LogP contribution in [0.1, 0.15) is 56.1 Å². The molecule has 0 radical (unpaired) electrons. The molecule has 3 aliphatic rings. The van der Waals surface area contributed by atoms with Gasteiger partial charge in [0.1, 0.15) is 23.8 Å². The van der Waals surface area contributed by atoms with Crippen LogP contribution in [0.4, 0.5) is 23.2 Å². The lowest BCUT2D eigenvalue weighted by molar-refractivity contribution is -0.133. The maximum Gasteiger partial charge on any atom is 0.265 e. The lowest BCUT2D eigenvalue weighted by atomic mass is 9.85. The SMILES string of the molecule is CC(C)Cc1nc2c(cnn2[C@H]2CCN(C3CC(F)(F)C3)C[C@H]2F)c(-c2ccc3c(c2)OCC(=O)N3Cc2ncc(Cl)cc2F)c1C#N. The average Bonchev–Trinajstić information content (AvgIpc) is 3.44. The van der Waals surface area contributed by atoms with Crippen LogP contribution in [-0.4, -0.2) is 68.4 Å². The van der Waals surface area contributed by atoms with Gasteiger partial charge in [-0.05, 0) is 42.5 Å². The van der Waals surface area contributed by atoms with Crippen LogP contribution < -0.4 is 9.64 Å². The van der Waals surface area contributed by atoms with Crippen molar-refractivity contribution >= 4 is 34.2 Å². The third-order valence-corrected chi connectivity index (χ3v) is 9.56. The molecule has 2 aliphatic heterocycles. The summed E-state index contributed by atoms with van der Waals surface area (Å²) in [4.78, 5) is 25.0. The van der Waals surface area contributed by atoms with Crippen LogP contribution in [0.3, 0.4) is 0 Å². The second kappa shape index (κ2) is 12.3. The van der Waals surface area contributed by atoms with Gasteiger partial charge in [-0.2, -0.15) is 10.4 Å². The molecule has 0 bridgehead atoms. The Balaban J connectivity index is 1.27. The van der Waals surface area contributed by atoms with Gasteiger partial charge in [-0.3, -0.25) is 19.6 Å². The number of hydrogen-bond donors (Lipinski definition) is 0. The Bertz CT molecular complexity index is 1950. The highest BCUT2D eigenvalue weighted by atomic mass is 35.5. The predicted molar refractivity (Wildman–Crippen MR) is 170 cm³/mol. The molecule has 250 valence electrons. The Kier molecular flexibility index (Phi) is 8.28. The number of nitrogens with zero attached hydrogens (tertiary/aromatic N) is 7. The number of aromatic nitrogens is 4. The number of amides is 1. The Labute approximate surface area is 279 Å². The number of likely N-dealkylation sites (tertiary alicyclic amines) is 1. The van der Waals surface area contributed by atoms with Crippen molar-refractivity contribution in [2.24, 2.45) is 5.92 Å². The van der Waals surface area contributed by atoms with Crippen molar-refractivity contribution in [2.75, 3.05) is 24.6 Å². The molecule has 1 amide bonds. The number of ether oxygens (including phenoxy) is 1. The van der Waals surface area contributed by atoms with Crippen molar-refractivity contribution in [3.8, 4) is 22.9 Å². The van der Waals surface area contributed by atoms with E-state index in [1.807, 2.05) is 13.8 Å². The fourth-order valence-electron chi connectivity index (χ4n) is 6.96. The van der Waals surface area contributed by atoms with Gasteiger partial charge in [-0.1, -0.05) is 31.5 Å². The first kappa shape index (κ1) is 32.3. The molecule has 48 heavy (non-hydrogen) atoms. The van der Waals surface area contributed by atoms with Crippen molar-refractivity contribution in [3.63, 3.8) is 0 Å². The third-order valence-electron chi connectivity index (χ3n) is 9.35. The molecule has 0 N–H and O–H groups in total. The molecule has 9 nitrogen and oxygen atoms in total. The van der Waals surface area contributed by atoms with Gasteiger partial charge in [0, 0.05) is 49.1 Å². The summed E-state index contributed by atoms with van der Waals surface area (Å²) in [6.07, 6.45) is 1.89. The van der Waals surface area contributed by atoms with Crippen LogP contribution in [0.25, 0.3) is 22.2 Å². The quantitative estimate of drug-likeness (QED) is 0.201. The van der Waals surface area contributed by atoms with Gasteiger partial charge in [0.05, 0.1) is 46.4 Å². The van der Waals surface area contributed by atoms with Crippen molar-refractivity contribution in [3.05, 3.63) is 64.5 Å². The number of pyridine rings is 2. The lowest BCUT2D eigenvalue weighted by Crippen LogP contribution is -2.55. The van der Waals surface area contributed by atoms with Gasteiger partial charge in [-0.25, -0.2) is 27.2 Å². The number of anilines is 1. The minimum Gasteiger partial charge on any atom is -0.482 e. The number of nitriles is 1. The van der Waals surface area contributed by atoms with E-state index in [-0.39, 0.29) is 61.1 Å². The maximum atomic E-state index is 15.8. The zero-order valence-electron chi connectivity index (χ0n) is 26.3. The van der Waals surface area contributed by atoms with E-state index in [4.69, 9.17) is 21.3 Å². The van der Waals surface area contributed by atoms with E-state index in [2.05, 4.69) is 16.2 Å². The highest BCUT2D eigenvalue weighted by Gasteiger charge is 2.49. The molecule has 4 aromatic rings. The largest absolute Gasteiger partial charge is 0.482 e. The summed E-state index contributed by atoms with van der Waals surface area (Å²) in [6.45, 7) is 4.09. The number of halogens is 5. The maximum absolute atomic E-state index is 15.8. The number of alkyl halides is 3. The van der Waals surface area contributed by atoms with Gasteiger partial charge in [0.2, 0.25) is 0 Å². The molecule has 1 saturated carbocycles. The Morgan fingerprint density at radius 2 is 1.98 bits per heavy atom. The molecule has 0 unspecified atom stereocenters. The van der Waals surface area contributed by atoms with Gasteiger partial charge in [0.15, 0.2) is 12.3 Å². The van der Waals surface area contributed by atoms with E-state index in [1.165, 1.54) is 11.1 Å².